The van der Waals surface area contributed by atoms with Crippen LogP contribution in [0.5, 0.6) is 0 Å². The lowest BCUT2D eigenvalue weighted by Crippen LogP contribution is -2.14. The van der Waals surface area contributed by atoms with E-state index in [4.69, 9.17) is 4.98 Å². The van der Waals surface area contributed by atoms with Gasteiger partial charge in [-0.3, -0.25) is 9.78 Å². The van der Waals surface area contributed by atoms with E-state index in [0.29, 0.717) is 0 Å². The van der Waals surface area contributed by atoms with Crippen LogP contribution >= 0.6 is 0 Å². The summed E-state index contributed by atoms with van der Waals surface area (Å²) in [5, 5.41) is 12.1. The van der Waals surface area contributed by atoms with Gasteiger partial charge in [0.05, 0.1) is 23.4 Å². The molecule has 3 heterocycles. The van der Waals surface area contributed by atoms with E-state index in [1.807, 2.05) is 26.2 Å². The van der Waals surface area contributed by atoms with E-state index in [1.165, 1.54) is 11.4 Å². The summed E-state index contributed by atoms with van der Waals surface area (Å²) < 4.78 is 4.39. The third-order valence-corrected chi connectivity index (χ3v) is 5.35. The van der Waals surface area contributed by atoms with Gasteiger partial charge in [0.1, 0.15) is 0 Å². The fourth-order valence-corrected chi connectivity index (χ4v) is 3.94. The van der Waals surface area contributed by atoms with Crippen molar-refractivity contribution < 1.29 is 0 Å². The van der Waals surface area contributed by atoms with Gasteiger partial charge in [-0.1, -0.05) is 30.3 Å². The molecule has 1 atom stereocenters. The Bertz CT molecular complexity index is 1090. The number of nitrogens with one attached hydrogen (secondary N) is 1. The number of hydrogen-bond acceptors (Lipinski definition) is 3. The summed E-state index contributed by atoms with van der Waals surface area (Å²) in [7, 11) is 0. The molecule has 4 rings (SSSR count). The van der Waals surface area contributed by atoms with Crippen molar-refractivity contribution in [1.82, 2.24) is 29.5 Å². The number of nitrogens with zero attached hydrogens (tertiary/aromatic N) is 5. The van der Waals surface area contributed by atoms with Gasteiger partial charge >= 0.3 is 0 Å². The zero-order valence-corrected chi connectivity index (χ0v) is 17.6. The van der Waals surface area contributed by atoms with Crippen LogP contribution in [0.25, 0.3) is 11.3 Å². The van der Waals surface area contributed by atoms with E-state index in [2.05, 4.69) is 74.8 Å². The van der Waals surface area contributed by atoms with E-state index in [0.717, 1.165) is 47.7 Å². The fraction of sp³-hybridized carbons (Fsp3) is 0.348. The number of aromatic amines is 1. The number of imidazole rings is 1. The Morgan fingerprint density at radius 3 is 2.52 bits per heavy atom. The molecule has 0 bridgehead atoms. The first kappa shape index (κ1) is 19.2. The number of rotatable bonds is 7. The number of aryl methyl sites for hydroxylation is 4. The number of benzene rings is 1. The molecule has 1 aromatic carbocycles. The SMILES string of the molecule is Cc1cc(C)n(CCc2c(-c3ccccc3)ncn2[C@@H](C)Cc2cc(C)[nH]n2)n1. The maximum atomic E-state index is 4.80. The molecule has 0 saturated heterocycles. The normalized spacial score (nSPS) is 12.4. The quantitative estimate of drug-likeness (QED) is 0.509. The summed E-state index contributed by atoms with van der Waals surface area (Å²) in [5.41, 5.74) is 7.86. The standard InChI is InChI=1S/C23H28N6/c1-16-13-21(26-25-16)14-18(3)28-15-24-23(20-8-6-5-7-9-20)22(28)10-11-29-19(4)12-17(2)27-29/h5-9,12-13,15,18H,10-11,14H2,1-4H3,(H,25,26)/t18-/m0/s1. The lowest BCUT2D eigenvalue weighted by atomic mass is 10.1. The Hall–Kier alpha value is -3.15. The molecular weight excluding hydrogens is 360 g/mol. The summed E-state index contributed by atoms with van der Waals surface area (Å²) in [6.45, 7) is 9.24. The summed E-state index contributed by atoms with van der Waals surface area (Å²) >= 11 is 0. The molecule has 6 nitrogen and oxygen atoms in total. The maximum Gasteiger partial charge on any atom is 0.0958 e. The van der Waals surface area contributed by atoms with Crippen LogP contribution in [0.4, 0.5) is 0 Å². The minimum absolute atomic E-state index is 0.262. The van der Waals surface area contributed by atoms with Gasteiger partial charge < -0.3 is 4.57 Å². The van der Waals surface area contributed by atoms with E-state index in [9.17, 15) is 0 Å². The topological polar surface area (TPSA) is 64.3 Å². The number of aromatic nitrogens is 6. The summed E-state index contributed by atoms with van der Waals surface area (Å²) in [4.78, 5) is 4.80. The smallest absolute Gasteiger partial charge is 0.0958 e. The maximum absolute atomic E-state index is 4.80. The Morgan fingerprint density at radius 1 is 1.07 bits per heavy atom. The summed E-state index contributed by atoms with van der Waals surface area (Å²) in [6, 6.07) is 14.9. The monoisotopic (exact) mass is 388 g/mol. The Balaban J connectivity index is 1.65. The van der Waals surface area contributed by atoms with Crippen LogP contribution in [0, 0.1) is 20.8 Å². The molecular formula is C23H28N6. The average molecular weight is 389 g/mol. The second-order valence-electron chi connectivity index (χ2n) is 7.81. The molecule has 0 aliphatic rings. The van der Waals surface area contributed by atoms with Gasteiger partial charge in [0, 0.05) is 48.1 Å². The van der Waals surface area contributed by atoms with Crippen molar-refractivity contribution in [1.29, 1.82) is 0 Å². The van der Waals surface area contributed by atoms with Gasteiger partial charge in [0.15, 0.2) is 0 Å². The van der Waals surface area contributed by atoms with Gasteiger partial charge in [-0.05, 0) is 39.8 Å². The predicted octanol–water partition coefficient (Wildman–Crippen LogP) is 4.44. The molecule has 0 radical (unpaired) electrons. The molecule has 0 aliphatic heterocycles. The van der Waals surface area contributed by atoms with E-state index >= 15 is 0 Å². The van der Waals surface area contributed by atoms with Crippen LogP contribution in [0.3, 0.4) is 0 Å². The largest absolute Gasteiger partial charge is 0.331 e. The Labute approximate surface area is 171 Å². The van der Waals surface area contributed by atoms with Crippen LogP contribution < -0.4 is 0 Å². The number of H-pyrrole nitrogens is 1. The molecule has 1 N–H and O–H groups in total. The number of hydrogen-bond donors (Lipinski definition) is 1. The van der Waals surface area contributed by atoms with Gasteiger partial charge in [-0.15, -0.1) is 0 Å². The van der Waals surface area contributed by atoms with Crippen LogP contribution in [-0.2, 0) is 19.4 Å². The predicted molar refractivity (Wildman–Crippen MR) is 115 cm³/mol. The van der Waals surface area contributed by atoms with Gasteiger partial charge in [0.2, 0.25) is 0 Å². The molecule has 0 fully saturated rings. The molecule has 0 aliphatic carbocycles. The van der Waals surface area contributed by atoms with E-state index in [-0.39, 0.29) is 6.04 Å². The van der Waals surface area contributed by atoms with Crippen molar-refractivity contribution in [3.8, 4) is 11.3 Å². The Kier molecular flexibility index (Phi) is 5.34. The van der Waals surface area contributed by atoms with Crippen LogP contribution in [0.15, 0.2) is 48.8 Å². The van der Waals surface area contributed by atoms with Crippen molar-refractivity contribution in [2.45, 2.75) is 53.1 Å². The Morgan fingerprint density at radius 2 is 1.86 bits per heavy atom. The van der Waals surface area contributed by atoms with E-state index < -0.39 is 0 Å². The zero-order chi connectivity index (χ0) is 20.4. The lowest BCUT2D eigenvalue weighted by Gasteiger charge is -2.17. The van der Waals surface area contributed by atoms with Crippen LogP contribution in [0.2, 0.25) is 0 Å². The second kappa shape index (κ2) is 8.07. The molecule has 150 valence electrons. The highest BCUT2D eigenvalue weighted by atomic mass is 15.3. The summed E-state index contributed by atoms with van der Waals surface area (Å²) in [6.07, 6.45) is 3.71. The fourth-order valence-electron chi connectivity index (χ4n) is 3.94. The summed E-state index contributed by atoms with van der Waals surface area (Å²) in [5.74, 6) is 0. The first-order chi connectivity index (χ1) is 14.0. The molecule has 6 heteroatoms. The molecule has 3 aromatic heterocycles. The molecule has 0 saturated carbocycles. The highest BCUT2D eigenvalue weighted by Gasteiger charge is 2.18. The minimum atomic E-state index is 0.262. The van der Waals surface area contributed by atoms with Crippen molar-refractivity contribution in [3.05, 3.63) is 77.3 Å². The first-order valence-corrected chi connectivity index (χ1v) is 10.1. The third-order valence-electron chi connectivity index (χ3n) is 5.35. The molecule has 0 spiro atoms. The molecule has 0 unspecified atom stereocenters. The van der Waals surface area contributed by atoms with Crippen LogP contribution in [0.1, 0.15) is 41.4 Å². The first-order valence-electron chi connectivity index (χ1n) is 10.1. The molecule has 29 heavy (non-hydrogen) atoms. The van der Waals surface area contributed by atoms with Crippen molar-refractivity contribution >= 4 is 0 Å². The van der Waals surface area contributed by atoms with Gasteiger partial charge in [0.25, 0.3) is 0 Å². The van der Waals surface area contributed by atoms with Gasteiger partial charge in [-0.25, -0.2) is 4.98 Å². The highest BCUT2D eigenvalue weighted by Crippen LogP contribution is 2.26. The van der Waals surface area contributed by atoms with E-state index in [1.54, 1.807) is 0 Å². The second-order valence-corrected chi connectivity index (χ2v) is 7.81. The molecule has 4 aromatic rings. The van der Waals surface area contributed by atoms with Crippen molar-refractivity contribution in [2.24, 2.45) is 0 Å². The minimum Gasteiger partial charge on any atom is -0.331 e. The zero-order valence-electron chi connectivity index (χ0n) is 17.6. The molecule has 0 amide bonds. The van der Waals surface area contributed by atoms with Gasteiger partial charge in [-0.2, -0.15) is 10.2 Å². The van der Waals surface area contributed by atoms with Crippen LogP contribution in [-0.4, -0.2) is 29.5 Å². The van der Waals surface area contributed by atoms with Crippen molar-refractivity contribution in [3.63, 3.8) is 0 Å². The van der Waals surface area contributed by atoms with Crippen molar-refractivity contribution in [2.75, 3.05) is 0 Å². The third kappa shape index (κ3) is 4.16. The highest BCUT2D eigenvalue weighted by molar-refractivity contribution is 5.61. The average Bonchev–Trinajstić information content (AvgIpc) is 3.39. The lowest BCUT2D eigenvalue weighted by molar-refractivity contribution is 0.501.